The number of carboxylic acids is 1. The van der Waals surface area contributed by atoms with E-state index in [9.17, 15) is 18.0 Å². The zero-order valence-electron chi connectivity index (χ0n) is 18.7. The number of benzene rings is 1. The predicted molar refractivity (Wildman–Crippen MR) is 125 cm³/mol. The Kier molecular flexibility index (Phi) is 6.41. The number of carbonyl (C=O) groups excluding carboxylic acids is 1. The summed E-state index contributed by atoms with van der Waals surface area (Å²) >= 11 is 0. The predicted octanol–water partition coefficient (Wildman–Crippen LogP) is 3.09. The third kappa shape index (κ3) is 4.86. The molecule has 4 rings (SSSR count). The van der Waals surface area contributed by atoms with Crippen molar-refractivity contribution in [3.63, 3.8) is 0 Å². The van der Waals surface area contributed by atoms with Crippen LogP contribution in [0.5, 0.6) is 0 Å². The first-order valence-electron chi connectivity index (χ1n) is 11.1. The molecule has 1 fully saturated rings. The van der Waals surface area contributed by atoms with Crippen molar-refractivity contribution >= 4 is 21.9 Å². The molecule has 0 aromatic heterocycles. The number of rotatable bonds is 5. The SMILES string of the molecule is Cc1ccc(S(=O)(=O)N2CCC(C(=O)NC3=CC4C=CC(C(=O)O)=CC4C=C3)CC2)c(C)c1. The molecule has 2 unspecified atom stereocenters. The van der Waals surface area contributed by atoms with Crippen LogP contribution < -0.4 is 5.32 Å². The summed E-state index contributed by atoms with van der Waals surface area (Å²) < 4.78 is 27.6. The number of nitrogens with one attached hydrogen (secondary N) is 1. The van der Waals surface area contributed by atoms with Crippen molar-refractivity contribution in [2.24, 2.45) is 17.8 Å². The van der Waals surface area contributed by atoms with Crippen LogP contribution in [0.25, 0.3) is 0 Å². The number of nitrogens with zero attached hydrogens (tertiary/aromatic N) is 1. The first kappa shape index (κ1) is 23.2. The summed E-state index contributed by atoms with van der Waals surface area (Å²) in [7, 11) is -3.59. The minimum absolute atomic E-state index is 0.00172. The van der Waals surface area contributed by atoms with E-state index >= 15 is 0 Å². The average molecular weight is 469 g/mol. The first-order chi connectivity index (χ1) is 15.6. The van der Waals surface area contributed by atoms with Gasteiger partial charge in [0, 0.05) is 36.5 Å². The van der Waals surface area contributed by atoms with E-state index in [-0.39, 0.29) is 29.2 Å². The quantitative estimate of drug-likeness (QED) is 0.691. The highest BCUT2D eigenvalue weighted by Crippen LogP contribution is 2.31. The molecule has 8 heteroatoms. The second-order valence-corrected chi connectivity index (χ2v) is 10.8. The van der Waals surface area contributed by atoms with E-state index in [4.69, 9.17) is 5.11 Å². The molecule has 7 nitrogen and oxygen atoms in total. The molecule has 2 aliphatic carbocycles. The second-order valence-electron chi connectivity index (χ2n) is 8.86. The average Bonchev–Trinajstić information content (AvgIpc) is 2.78. The van der Waals surface area contributed by atoms with Gasteiger partial charge in [-0.2, -0.15) is 4.31 Å². The van der Waals surface area contributed by atoms with Crippen LogP contribution in [-0.2, 0) is 19.6 Å². The Morgan fingerprint density at radius 3 is 2.36 bits per heavy atom. The molecule has 33 heavy (non-hydrogen) atoms. The van der Waals surface area contributed by atoms with Crippen molar-refractivity contribution in [2.45, 2.75) is 31.6 Å². The maximum atomic E-state index is 13.1. The Labute approximate surface area is 194 Å². The lowest BCUT2D eigenvalue weighted by atomic mass is 9.82. The molecule has 1 heterocycles. The fourth-order valence-corrected chi connectivity index (χ4v) is 6.28. The minimum Gasteiger partial charge on any atom is -0.478 e. The monoisotopic (exact) mass is 468 g/mol. The molecule has 1 aliphatic heterocycles. The first-order valence-corrected chi connectivity index (χ1v) is 12.5. The smallest absolute Gasteiger partial charge is 0.335 e. The summed E-state index contributed by atoms with van der Waals surface area (Å²) in [6.45, 7) is 4.34. The van der Waals surface area contributed by atoms with E-state index in [1.54, 1.807) is 37.3 Å². The molecular weight excluding hydrogens is 440 g/mol. The molecule has 2 atom stereocenters. The van der Waals surface area contributed by atoms with E-state index in [1.807, 2.05) is 31.2 Å². The summed E-state index contributed by atoms with van der Waals surface area (Å²) in [5.41, 5.74) is 2.69. The fourth-order valence-electron chi connectivity index (χ4n) is 4.60. The van der Waals surface area contributed by atoms with E-state index in [1.165, 1.54) is 4.31 Å². The third-order valence-electron chi connectivity index (χ3n) is 6.47. The van der Waals surface area contributed by atoms with Gasteiger partial charge in [-0.3, -0.25) is 4.79 Å². The van der Waals surface area contributed by atoms with Gasteiger partial charge in [0.05, 0.1) is 10.5 Å². The van der Waals surface area contributed by atoms with Gasteiger partial charge in [0.25, 0.3) is 0 Å². The summed E-state index contributed by atoms with van der Waals surface area (Å²) in [6, 6.07) is 5.32. The second kappa shape index (κ2) is 9.11. The van der Waals surface area contributed by atoms with Crippen molar-refractivity contribution in [1.82, 2.24) is 9.62 Å². The van der Waals surface area contributed by atoms with Crippen molar-refractivity contribution in [3.05, 3.63) is 77.1 Å². The van der Waals surface area contributed by atoms with E-state index in [0.717, 1.165) is 11.1 Å². The van der Waals surface area contributed by atoms with Crippen molar-refractivity contribution < 1.29 is 23.1 Å². The van der Waals surface area contributed by atoms with Gasteiger partial charge in [-0.05, 0) is 44.4 Å². The number of hydrogen-bond donors (Lipinski definition) is 2. The molecule has 0 radical (unpaired) electrons. The number of carbonyl (C=O) groups is 2. The number of fused-ring (bicyclic) bond motifs is 1. The Bertz CT molecular complexity index is 1200. The number of allylic oxidation sites excluding steroid dienone is 5. The highest BCUT2D eigenvalue weighted by molar-refractivity contribution is 7.89. The van der Waals surface area contributed by atoms with Crippen LogP contribution in [0.15, 0.2) is 70.8 Å². The Hall–Kier alpha value is -2.97. The molecule has 1 aromatic rings. The summed E-state index contributed by atoms with van der Waals surface area (Å²) in [4.78, 5) is 24.3. The van der Waals surface area contributed by atoms with Gasteiger partial charge in [0.2, 0.25) is 15.9 Å². The lowest BCUT2D eigenvalue weighted by Gasteiger charge is -2.31. The van der Waals surface area contributed by atoms with Crippen LogP contribution in [0.3, 0.4) is 0 Å². The van der Waals surface area contributed by atoms with Crippen molar-refractivity contribution in [1.29, 1.82) is 0 Å². The zero-order valence-corrected chi connectivity index (χ0v) is 19.5. The number of amides is 1. The maximum Gasteiger partial charge on any atom is 0.335 e. The van der Waals surface area contributed by atoms with Gasteiger partial charge in [-0.25, -0.2) is 13.2 Å². The topological polar surface area (TPSA) is 104 Å². The fraction of sp³-hybridized carbons (Fsp3) is 0.360. The molecule has 174 valence electrons. The number of carboxylic acid groups (broad SMARTS) is 1. The van der Waals surface area contributed by atoms with Crippen LogP contribution in [0, 0.1) is 31.6 Å². The van der Waals surface area contributed by atoms with Gasteiger partial charge in [0.1, 0.15) is 0 Å². The number of hydrogen-bond acceptors (Lipinski definition) is 4. The summed E-state index contributed by atoms with van der Waals surface area (Å²) in [5, 5.41) is 12.1. The molecule has 1 amide bonds. The van der Waals surface area contributed by atoms with Crippen LogP contribution in [0.1, 0.15) is 24.0 Å². The van der Waals surface area contributed by atoms with E-state index in [0.29, 0.717) is 36.5 Å². The van der Waals surface area contributed by atoms with Gasteiger partial charge < -0.3 is 10.4 Å². The van der Waals surface area contributed by atoms with Gasteiger partial charge >= 0.3 is 5.97 Å². The number of aryl methyl sites for hydroxylation is 2. The van der Waals surface area contributed by atoms with E-state index in [2.05, 4.69) is 5.32 Å². The Morgan fingerprint density at radius 2 is 1.70 bits per heavy atom. The molecule has 0 saturated carbocycles. The highest BCUT2D eigenvalue weighted by Gasteiger charge is 2.33. The largest absolute Gasteiger partial charge is 0.478 e. The van der Waals surface area contributed by atoms with Crippen LogP contribution in [-0.4, -0.2) is 42.8 Å². The number of piperidine rings is 1. The Morgan fingerprint density at radius 1 is 1.03 bits per heavy atom. The number of sulfonamides is 1. The molecule has 0 spiro atoms. The van der Waals surface area contributed by atoms with Crippen LogP contribution in [0.4, 0.5) is 0 Å². The zero-order chi connectivity index (χ0) is 23.8. The highest BCUT2D eigenvalue weighted by atomic mass is 32.2. The number of aliphatic carboxylic acids is 1. The molecule has 0 bridgehead atoms. The molecule has 2 N–H and O–H groups in total. The molecule has 3 aliphatic rings. The summed E-state index contributed by atoms with van der Waals surface area (Å²) in [6.07, 6.45) is 11.7. The van der Waals surface area contributed by atoms with Crippen molar-refractivity contribution in [2.75, 3.05) is 13.1 Å². The molecule has 1 aromatic carbocycles. The maximum absolute atomic E-state index is 13.1. The minimum atomic E-state index is -3.59. The molecule has 1 saturated heterocycles. The summed E-state index contributed by atoms with van der Waals surface area (Å²) in [5.74, 6) is -1.37. The van der Waals surface area contributed by atoms with Crippen LogP contribution in [0.2, 0.25) is 0 Å². The van der Waals surface area contributed by atoms with Gasteiger partial charge in [-0.1, -0.05) is 48.1 Å². The van der Waals surface area contributed by atoms with Crippen LogP contribution >= 0.6 is 0 Å². The molecular formula is C25H28N2O5S. The lowest BCUT2D eigenvalue weighted by molar-refractivity contribution is -0.132. The Balaban J connectivity index is 1.35. The van der Waals surface area contributed by atoms with Gasteiger partial charge in [0.15, 0.2) is 0 Å². The standard InChI is InChI=1S/C25H28N2O5S/c1-16-3-8-23(17(2)13-16)33(31,32)27-11-9-18(10-12-27)24(28)26-22-7-6-19-14-21(25(29)30)5-4-20(19)15-22/h3-8,13-15,18-20H,9-12H2,1-2H3,(H,26,28)(H,29,30). The van der Waals surface area contributed by atoms with Crippen molar-refractivity contribution in [3.8, 4) is 0 Å². The normalized spacial score (nSPS) is 23.5. The van der Waals surface area contributed by atoms with Gasteiger partial charge in [-0.15, -0.1) is 0 Å². The lowest BCUT2D eigenvalue weighted by Crippen LogP contribution is -2.43. The third-order valence-corrected chi connectivity index (χ3v) is 8.53. The van der Waals surface area contributed by atoms with E-state index < -0.39 is 16.0 Å².